The first-order valence-corrected chi connectivity index (χ1v) is 8.36. The van der Waals surface area contributed by atoms with Crippen LogP contribution in [0.5, 0.6) is 0 Å². The molecule has 20 heavy (non-hydrogen) atoms. The summed E-state index contributed by atoms with van der Waals surface area (Å²) < 4.78 is 27.3. The van der Waals surface area contributed by atoms with E-state index >= 15 is 0 Å². The van der Waals surface area contributed by atoms with E-state index in [0.29, 0.717) is 11.0 Å². The number of nitro benzene ring substituents is 1. The summed E-state index contributed by atoms with van der Waals surface area (Å²) in [4.78, 5) is 10.1. The number of halogens is 1. The maximum Gasteiger partial charge on any atom is 0.289 e. The van der Waals surface area contributed by atoms with Gasteiger partial charge in [0.1, 0.15) is 0 Å². The van der Waals surface area contributed by atoms with Gasteiger partial charge < -0.3 is 0 Å². The van der Waals surface area contributed by atoms with Gasteiger partial charge in [-0.25, -0.2) is 8.42 Å². The lowest BCUT2D eigenvalue weighted by atomic mass is 10.0. The highest BCUT2D eigenvalue weighted by atomic mass is 79.9. The van der Waals surface area contributed by atoms with Crippen LogP contribution in [0, 0.1) is 10.1 Å². The minimum Gasteiger partial charge on any atom is -0.258 e. The van der Waals surface area contributed by atoms with Crippen molar-refractivity contribution in [1.82, 2.24) is 4.31 Å². The number of rotatable bonds is 3. The Morgan fingerprint density at radius 1 is 1.40 bits per heavy atom. The molecule has 1 aromatic rings. The summed E-state index contributed by atoms with van der Waals surface area (Å²) in [7, 11) is -3.88. The number of hydrogen-bond acceptors (Lipinski definition) is 4. The van der Waals surface area contributed by atoms with E-state index < -0.39 is 26.2 Å². The molecule has 8 heteroatoms. The second-order valence-corrected chi connectivity index (χ2v) is 8.11. The molecule has 1 fully saturated rings. The fourth-order valence-electron chi connectivity index (χ4n) is 2.49. The fourth-order valence-corrected chi connectivity index (χ4v) is 5.04. The van der Waals surface area contributed by atoms with Crippen molar-refractivity contribution in [1.29, 1.82) is 0 Å². The van der Waals surface area contributed by atoms with E-state index in [9.17, 15) is 18.5 Å². The van der Waals surface area contributed by atoms with Crippen molar-refractivity contribution in [2.24, 2.45) is 0 Å². The van der Waals surface area contributed by atoms with Crippen molar-refractivity contribution >= 4 is 31.6 Å². The lowest BCUT2D eigenvalue weighted by Gasteiger charge is -2.30. The summed E-state index contributed by atoms with van der Waals surface area (Å²) in [5.74, 6) is 0. The molecule has 1 aliphatic heterocycles. The quantitative estimate of drug-likeness (QED) is 0.611. The normalized spacial score (nSPS) is 19.1. The van der Waals surface area contributed by atoms with Crippen molar-refractivity contribution < 1.29 is 13.3 Å². The summed E-state index contributed by atoms with van der Waals surface area (Å²) >= 11 is 3.17. The van der Waals surface area contributed by atoms with Gasteiger partial charge in [-0.05, 0) is 38.8 Å². The van der Waals surface area contributed by atoms with E-state index in [4.69, 9.17) is 0 Å². The molecule has 1 aromatic carbocycles. The topological polar surface area (TPSA) is 80.5 Å². The minimum absolute atomic E-state index is 0.258. The Balaban J connectivity index is 2.60. The van der Waals surface area contributed by atoms with E-state index in [0.717, 1.165) is 12.8 Å². The predicted octanol–water partition coefficient (Wildman–Crippen LogP) is 2.92. The minimum atomic E-state index is -3.88. The van der Waals surface area contributed by atoms with Crippen LogP contribution in [0.15, 0.2) is 27.6 Å². The highest BCUT2D eigenvalue weighted by Gasteiger charge is 2.43. The zero-order chi connectivity index (χ0) is 15.1. The first-order chi connectivity index (χ1) is 9.16. The molecule has 1 heterocycles. The Kier molecular flexibility index (Phi) is 3.92. The highest BCUT2D eigenvalue weighted by Crippen LogP contribution is 2.37. The van der Waals surface area contributed by atoms with Gasteiger partial charge >= 0.3 is 0 Å². The van der Waals surface area contributed by atoms with Crippen LogP contribution in [0.3, 0.4) is 0 Å². The van der Waals surface area contributed by atoms with Gasteiger partial charge in [0, 0.05) is 22.6 Å². The molecule has 0 atom stereocenters. The van der Waals surface area contributed by atoms with Gasteiger partial charge in [-0.1, -0.05) is 15.9 Å². The first-order valence-electron chi connectivity index (χ1n) is 6.13. The number of benzene rings is 1. The molecule has 0 saturated carbocycles. The Morgan fingerprint density at radius 3 is 2.55 bits per heavy atom. The lowest BCUT2D eigenvalue weighted by molar-refractivity contribution is -0.387. The van der Waals surface area contributed by atoms with Crippen LogP contribution in [0.4, 0.5) is 5.69 Å². The Hall–Kier alpha value is -0.990. The molecule has 0 bridgehead atoms. The van der Waals surface area contributed by atoms with Gasteiger partial charge in [-0.2, -0.15) is 4.31 Å². The third-order valence-electron chi connectivity index (χ3n) is 3.51. The van der Waals surface area contributed by atoms with Crippen LogP contribution in [0.1, 0.15) is 26.7 Å². The van der Waals surface area contributed by atoms with Crippen molar-refractivity contribution in [3.05, 3.63) is 32.8 Å². The van der Waals surface area contributed by atoms with E-state index in [-0.39, 0.29) is 4.90 Å². The largest absolute Gasteiger partial charge is 0.289 e. The first kappa shape index (κ1) is 15.4. The molecule has 110 valence electrons. The summed E-state index contributed by atoms with van der Waals surface area (Å²) in [6, 6.07) is 3.97. The molecule has 1 saturated heterocycles. The van der Waals surface area contributed by atoms with Crippen LogP contribution in [0.25, 0.3) is 0 Å². The van der Waals surface area contributed by atoms with Gasteiger partial charge in [0.15, 0.2) is 4.90 Å². The summed E-state index contributed by atoms with van der Waals surface area (Å²) in [5.41, 5.74) is -0.912. The standard InChI is InChI=1S/C12H15BrN2O4S/c1-12(2)6-3-7-14(12)20(18,19)11-8-9(13)4-5-10(11)15(16)17/h4-5,8H,3,6-7H2,1-2H3. The number of sulfonamides is 1. The van der Waals surface area contributed by atoms with Gasteiger partial charge in [0.05, 0.1) is 4.92 Å². The molecule has 0 radical (unpaired) electrons. The monoisotopic (exact) mass is 362 g/mol. The van der Waals surface area contributed by atoms with E-state index in [1.165, 1.54) is 22.5 Å². The van der Waals surface area contributed by atoms with Crippen LogP contribution < -0.4 is 0 Å². The maximum atomic E-state index is 12.7. The Morgan fingerprint density at radius 2 is 2.05 bits per heavy atom. The van der Waals surface area contributed by atoms with E-state index in [1.807, 2.05) is 13.8 Å². The predicted molar refractivity (Wildman–Crippen MR) is 78.0 cm³/mol. The molecule has 0 spiro atoms. The zero-order valence-corrected chi connectivity index (χ0v) is 13.6. The summed E-state index contributed by atoms with van der Waals surface area (Å²) in [6.07, 6.45) is 1.50. The van der Waals surface area contributed by atoms with Gasteiger partial charge in [0.25, 0.3) is 5.69 Å². The highest BCUT2D eigenvalue weighted by molar-refractivity contribution is 9.10. The summed E-state index contributed by atoms with van der Waals surface area (Å²) in [6.45, 7) is 4.06. The third-order valence-corrected chi connectivity index (χ3v) is 6.14. The molecule has 0 amide bonds. The lowest BCUT2D eigenvalue weighted by Crippen LogP contribution is -2.42. The average Bonchev–Trinajstić information content (AvgIpc) is 2.69. The molecule has 0 aliphatic carbocycles. The zero-order valence-electron chi connectivity index (χ0n) is 11.2. The summed E-state index contributed by atoms with van der Waals surface area (Å²) in [5, 5.41) is 11.1. The molecular formula is C12H15BrN2O4S. The van der Waals surface area contributed by atoms with Crippen LogP contribution in [-0.2, 0) is 10.0 Å². The van der Waals surface area contributed by atoms with E-state index in [2.05, 4.69) is 15.9 Å². The van der Waals surface area contributed by atoms with Gasteiger partial charge in [0.2, 0.25) is 10.0 Å². The second-order valence-electron chi connectivity index (χ2n) is 5.36. The number of nitrogens with zero attached hydrogens (tertiary/aromatic N) is 2. The molecule has 0 N–H and O–H groups in total. The van der Waals surface area contributed by atoms with Crippen molar-refractivity contribution in [3.63, 3.8) is 0 Å². The van der Waals surface area contributed by atoms with Gasteiger partial charge in [-0.3, -0.25) is 10.1 Å². The van der Waals surface area contributed by atoms with Crippen molar-refractivity contribution in [2.45, 2.75) is 37.1 Å². The van der Waals surface area contributed by atoms with E-state index in [1.54, 1.807) is 0 Å². The maximum absolute atomic E-state index is 12.7. The molecule has 0 aromatic heterocycles. The average molecular weight is 363 g/mol. The molecule has 2 rings (SSSR count). The van der Waals surface area contributed by atoms with Crippen molar-refractivity contribution in [3.8, 4) is 0 Å². The molecule has 1 aliphatic rings. The second kappa shape index (κ2) is 5.09. The van der Waals surface area contributed by atoms with Crippen molar-refractivity contribution in [2.75, 3.05) is 6.54 Å². The van der Waals surface area contributed by atoms with Crippen LogP contribution in [-0.4, -0.2) is 29.7 Å². The SMILES string of the molecule is CC1(C)CCCN1S(=O)(=O)c1cc(Br)ccc1[N+](=O)[O-]. The molecule has 0 unspecified atom stereocenters. The number of nitro groups is 1. The van der Waals surface area contributed by atoms with Crippen LogP contribution in [0.2, 0.25) is 0 Å². The molecule has 6 nitrogen and oxygen atoms in total. The fraction of sp³-hybridized carbons (Fsp3) is 0.500. The van der Waals surface area contributed by atoms with Crippen LogP contribution >= 0.6 is 15.9 Å². The Labute approximate surface area is 126 Å². The molecular weight excluding hydrogens is 348 g/mol. The number of hydrogen-bond donors (Lipinski definition) is 0. The third kappa shape index (κ3) is 2.59. The Bertz CT molecular complexity index is 657. The smallest absolute Gasteiger partial charge is 0.258 e. The van der Waals surface area contributed by atoms with Gasteiger partial charge in [-0.15, -0.1) is 0 Å².